The summed E-state index contributed by atoms with van der Waals surface area (Å²) in [5.74, 6) is -0.258. The SMILES string of the molecule is O=C1CC(C(=O)N2CCCC2c2nc3ccccc3s2)CN1c1ccc(Cl)cc1. The van der Waals surface area contributed by atoms with Crippen LogP contribution in [-0.2, 0) is 9.59 Å². The lowest BCUT2D eigenvalue weighted by Crippen LogP contribution is -2.37. The summed E-state index contributed by atoms with van der Waals surface area (Å²) in [6, 6.07) is 15.3. The lowest BCUT2D eigenvalue weighted by Gasteiger charge is -2.26. The number of halogens is 1. The van der Waals surface area contributed by atoms with E-state index in [9.17, 15) is 9.59 Å². The Kier molecular flexibility index (Phi) is 4.76. The average Bonchev–Trinajstić information content (AvgIpc) is 3.45. The van der Waals surface area contributed by atoms with Gasteiger partial charge in [0.05, 0.1) is 22.2 Å². The number of carbonyl (C=O) groups excluding carboxylic acids is 2. The van der Waals surface area contributed by atoms with Gasteiger partial charge in [-0.3, -0.25) is 9.59 Å². The monoisotopic (exact) mass is 425 g/mol. The number of benzene rings is 2. The first-order chi connectivity index (χ1) is 14.1. The molecular weight excluding hydrogens is 406 g/mol. The van der Waals surface area contributed by atoms with Crippen molar-refractivity contribution in [1.82, 2.24) is 9.88 Å². The summed E-state index contributed by atoms with van der Waals surface area (Å²) < 4.78 is 1.15. The second-order valence-electron chi connectivity index (χ2n) is 7.59. The molecule has 2 amide bonds. The lowest BCUT2D eigenvalue weighted by atomic mass is 10.1. The number of nitrogens with zero attached hydrogens (tertiary/aromatic N) is 3. The maximum Gasteiger partial charge on any atom is 0.228 e. The van der Waals surface area contributed by atoms with Crippen LogP contribution in [0.1, 0.15) is 30.3 Å². The van der Waals surface area contributed by atoms with Crippen LogP contribution in [0.4, 0.5) is 5.69 Å². The number of thiazole rings is 1. The molecule has 0 bridgehead atoms. The minimum Gasteiger partial charge on any atom is -0.333 e. The zero-order chi connectivity index (χ0) is 20.0. The van der Waals surface area contributed by atoms with Gasteiger partial charge < -0.3 is 9.80 Å². The van der Waals surface area contributed by atoms with Crippen LogP contribution in [0.3, 0.4) is 0 Å². The number of fused-ring (bicyclic) bond motifs is 1. The van der Waals surface area contributed by atoms with Crippen molar-refractivity contribution in [3.05, 3.63) is 58.6 Å². The van der Waals surface area contributed by atoms with Gasteiger partial charge in [-0.25, -0.2) is 4.98 Å². The quantitative estimate of drug-likeness (QED) is 0.612. The molecule has 2 saturated heterocycles. The third kappa shape index (κ3) is 3.40. The maximum atomic E-state index is 13.3. The highest BCUT2D eigenvalue weighted by molar-refractivity contribution is 7.18. The van der Waals surface area contributed by atoms with Crippen molar-refractivity contribution in [1.29, 1.82) is 0 Å². The fourth-order valence-corrected chi connectivity index (χ4v) is 5.54. The van der Waals surface area contributed by atoms with Crippen molar-refractivity contribution in [3.8, 4) is 0 Å². The van der Waals surface area contributed by atoms with Crippen LogP contribution >= 0.6 is 22.9 Å². The number of anilines is 1. The minimum atomic E-state index is -0.312. The first-order valence-corrected chi connectivity index (χ1v) is 11.0. The Morgan fingerprint density at radius 1 is 1.14 bits per heavy atom. The van der Waals surface area contributed by atoms with Gasteiger partial charge in [-0.15, -0.1) is 11.3 Å². The number of para-hydroxylation sites is 1. The van der Waals surface area contributed by atoms with E-state index in [-0.39, 0.29) is 30.2 Å². The van der Waals surface area contributed by atoms with E-state index in [4.69, 9.17) is 16.6 Å². The van der Waals surface area contributed by atoms with Crippen molar-refractivity contribution in [2.75, 3.05) is 18.0 Å². The fraction of sp³-hybridized carbons (Fsp3) is 0.318. The molecule has 2 aliphatic heterocycles. The van der Waals surface area contributed by atoms with Crippen LogP contribution in [0, 0.1) is 5.92 Å². The van der Waals surface area contributed by atoms with Crippen LogP contribution in [0.5, 0.6) is 0 Å². The molecule has 2 unspecified atom stereocenters. The highest BCUT2D eigenvalue weighted by Gasteiger charge is 2.41. The maximum absolute atomic E-state index is 13.3. The number of rotatable bonds is 3. The zero-order valence-electron chi connectivity index (χ0n) is 15.8. The molecule has 3 aromatic rings. The number of hydrogen-bond donors (Lipinski definition) is 0. The summed E-state index contributed by atoms with van der Waals surface area (Å²) in [5.41, 5.74) is 1.77. The first kappa shape index (κ1) is 18.6. The van der Waals surface area contributed by atoms with E-state index in [1.54, 1.807) is 28.4 Å². The van der Waals surface area contributed by atoms with E-state index in [2.05, 4.69) is 6.07 Å². The van der Waals surface area contributed by atoms with E-state index in [1.165, 1.54) is 0 Å². The Morgan fingerprint density at radius 3 is 2.72 bits per heavy atom. The molecule has 5 rings (SSSR count). The molecule has 29 heavy (non-hydrogen) atoms. The Labute approximate surface area is 177 Å². The lowest BCUT2D eigenvalue weighted by molar-refractivity contribution is -0.136. The molecule has 148 valence electrons. The van der Waals surface area contributed by atoms with Gasteiger partial charge in [0, 0.05) is 30.2 Å². The number of aromatic nitrogens is 1. The van der Waals surface area contributed by atoms with E-state index >= 15 is 0 Å². The summed E-state index contributed by atoms with van der Waals surface area (Å²) in [4.78, 5) is 34.3. The van der Waals surface area contributed by atoms with Crippen molar-refractivity contribution in [2.24, 2.45) is 5.92 Å². The van der Waals surface area contributed by atoms with Gasteiger partial charge in [-0.1, -0.05) is 23.7 Å². The molecule has 1 aromatic heterocycles. The van der Waals surface area contributed by atoms with E-state index in [1.807, 2.05) is 35.2 Å². The van der Waals surface area contributed by atoms with Crippen molar-refractivity contribution >= 4 is 50.7 Å². The van der Waals surface area contributed by atoms with Gasteiger partial charge in [0.1, 0.15) is 5.01 Å². The van der Waals surface area contributed by atoms with E-state index in [0.29, 0.717) is 11.6 Å². The van der Waals surface area contributed by atoms with Gasteiger partial charge in [0.15, 0.2) is 0 Å². The molecule has 2 atom stereocenters. The van der Waals surface area contributed by atoms with Crippen LogP contribution in [0.15, 0.2) is 48.5 Å². The van der Waals surface area contributed by atoms with Gasteiger partial charge in [0.2, 0.25) is 11.8 Å². The Hall–Kier alpha value is -2.44. The fourth-order valence-electron chi connectivity index (χ4n) is 4.30. The minimum absolute atomic E-state index is 0.0126. The van der Waals surface area contributed by atoms with E-state index < -0.39 is 0 Å². The highest BCUT2D eigenvalue weighted by atomic mass is 35.5. The van der Waals surface area contributed by atoms with Gasteiger partial charge >= 0.3 is 0 Å². The summed E-state index contributed by atoms with van der Waals surface area (Å²) in [6.07, 6.45) is 2.14. The van der Waals surface area contributed by atoms with Crippen LogP contribution in [-0.4, -0.2) is 34.8 Å². The number of carbonyl (C=O) groups is 2. The third-order valence-electron chi connectivity index (χ3n) is 5.74. The molecule has 0 spiro atoms. The van der Waals surface area contributed by atoms with Crippen molar-refractivity contribution in [2.45, 2.75) is 25.3 Å². The summed E-state index contributed by atoms with van der Waals surface area (Å²) in [5, 5.41) is 1.62. The molecule has 0 N–H and O–H groups in total. The first-order valence-electron chi connectivity index (χ1n) is 9.82. The van der Waals surface area contributed by atoms with Crippen LogP contribution in [0.25, 0.3) is 10.2 Å². The standard InChI is InChI=1S/C22H20ClN3O2S/c23-15-7-9-16(10-8-15)26-13-14(12-20(26)27)22(28)25-11-3-5-18(25)21-24-17-4-1-2-6-19(17)29-21/h1-2,4,6-10,14,18H,3,5,11-13H2. The molecule has 2 aromatic carbocycles. The number of amides is 2. The summed E-state index contributed by atoms with van der Waals surface area (Å²) in [7, 11) is 0. The Morgan fingerprint density at radius 2 is 1.93 bits per heavy atom. The van der Waals surface area contributed by atoms with Gasteiger partial charge in [0.25, 0.3) is 0 Å². The summed E-state index contributed by atoms with van der Waals surface area (Å²) in [6.45, 7) is 1.15. The van der Waals surface area contributed by atoms with Crippen molar-refractivity contribution < 1.29 is 9.59 Å². The number of likely N-dealkylation sites (tertiary alicyclic amines) is 1. The number of hydrogen-bond acceptors (Lipinski definition) is 4. The third-order valence-corrected chi connectivity index (χ3v) is 7.13. The molecule has 3 heterocycles. The van der Waals surface area contributed by atoms with Gasteiger partial charge in [-0.05, 0) is 49.2 Å². The smallest absolute Gasteiger partial charge is 0.228 e. The van der Waals surface area contributed by atoms with E-state index in [0.717, 1.165) is 40.3 Å². The van der Waals surface area contributed by atoms with Gasteiger partial charge in [-0.2, -0.15) is 0 Å². The second-order valence-corrected chi connectivity index (χ2v) is 9.09. The largest absolute Gasteiger partial charge is 0.333 e. The van der Waals surface area contributed by atoms with Crippen molar-refractivity contribution in [3.63, 3.8) is 0 Å². The average molecular weight is 426 g/mol. The van der Waals surface area contributed by atoms with Crippen LogP contribution in [0.2, 0.25) is 5.02 Å². The molecule has 5 nitrogen and oxygen atoms in total. The molecule has 7 heteroatoms. The summed E-state index contributed by atoms with van der Waals surface area (Å²) >= 11 is 7.62. The molecule has 0 aliphatic carbocycles. The normalized spacial score (nSPS) is 22.0. The molecule has 2 fully saturated rings. The Bertz CT molecular complexity index is 1050. The molecule has 0 radical (unpaired) electrons. The zero-order valence-corrected chi connectivity index (χ0v) is 17.3. The molecular formula is C22H20ClN3O2S. The molecule has 0 saturated carbocycles. The van der Waals surface area contributed by atoms with Crippen LogP contribution < -0.4 is 4.90 Å². The molecule has 2 aliphatic rings. The predicted molar refractivity (Wildman–Crippen MR) is 115 cm³/mol. The Balaban J connectivity index is 1.35. The highest BCUT2D eigenvalue weighted by Crippen LogP contribution is 2.38. The second kappa shape index (κ2) is 7.43. The topological polar surface area (TPSA) is 53.5 Å². The predicted octanol–water partition coefficient (Wildman–Crippen LogP) is 4.67.